The summed E-state index contributed by atoms with van der Waals surface area (Å²) in [6.07, 6.45) is 1.20. The summed E-state index contributed by atoms with van der Waals surface area (Å²) in [7, 11) is 0. The van der Waals surface area contributed by atoms with Gasteiger partial charge >= 0.3 is 0 Å². The van der Waals surface area contributed by atoms with E-state index in [1.54, 1.807) is 4.90 Å². The van der Waals surface area contributed by atoms with Crippen LogP contribution in [0.2, 0.25) is 5.02 Å². The Bertz CT molecular complexity index is 554. The SMILES string of the molecule is CCC[C@@]1(CO)CN(C(=O)c2ccc(Cl)c(F)c2)CC[C@@H]1O. The number of nitrogens with zero attached hydrogens (tertiary/aromatic N) is 1. The van der Waals surface area contributed by atoms with Crippen molar-refractivity contribution in [1.82, 2.24) is 4.90 Å². The second-order valence-electron chi connectivity index (χ2n) is 5.93. The second kappa shape index (κ2) is 6.94. The first kappa shape index (κ1) is 17.2. The molecule has 1 fully saturated rings. The van der Waals surface area contributed by atoms with Crippen LogP contribution in [0.25, 0.3) is 0 Å². The standard InChI is InChI=1S/C16H21ClFNO3/c1-2-6-16(10-20)9-19(7-5-14(16)21)15(22)11-3-4-12(17)13(18)8-11/h3-4,8,14,20-21H,2,5-7,9-10H2,1H3/t14-,16-/m0/s1. The lowest BCUT2D eigenvalue weighted by atomic mass is 9.74. The highest BCUT2D eigenvalue weighted by Crippen LogP contribution is 2.35. The first-order valence-electron chi connectivity index (χ1n) is 7.47. The molecule has 6 heteroatoms. The van der Waals surface area contributed by atoms with Crippen molar-refractivity contribution in [2.75, 3.05) is 19.7 Å². The average Bonchev–Trinajstić information content (AvgIpc) is 2.51. The summed E-state index contributed by atoms with van der Waals surface area (Å²) in [6.45, 7) is 2.44. The fourth-order valence-electron chi connectivity index (χ4n) is 3.11. The molecule has 122 valence electrons. The topological polar surface area (TPSA) is 60.8 Å². The van der Waals surface area contributed by atoms with Crippen LogP contribution in [0.15, 0.2) is 18.2 Å². The number of rotatable bonds is 4. The predicted molar refractivity (Wildman–Crippen MR) is 82.4 cm³/mol. The van der Waals surface area contributed by atoms with Crippen LogP contribution in [0.4, 0.5) is 4.39 Å². The molecule has 0 spiro atoms. The van der Waals surface area contributed by atoms with Gasteiger partial charge in [0.25, 0.3) is 5.91 Å². The zero-order valence-electron chi connectivity index (χ0n) is 12.6. The van der Waals surface area contributed by atoms with Crippen molar-refractivity contribution in [3.05, 3.63) is 34.6 Å². The van der Waals surface area contributed by atoms with E-state index in [2.05, 4.69) is 0 Å². The van der Waals surface area contributed by atoms with Crippen molar-refractivity contribution < 1.29 is 19.4 Å². The van der Waals surface area contributed by atoms with Gasteiger partial charge in [0.1, 0.15) is 5.82 Å². The molecule has 4 nitrogen and oxygen atoms in total. The van der Waals surface area contributed by atoms with Gasteiger partial charge in [-0.1, -0.05) is 24.9 Å². The Morgan fingerprint density at radius 1 is 1.55 bits per heavy atom. The van der Waals surface area contributed by atoms with E-state index >= 15 is 0 Å². The molecule has 1 aliphatic heterocycles. The van der Waals surface area contributed by atoms with Gasteiger partial charge in [0.15, 0.2) is 0 Å². The molecule has 0 unspecified atom stereocenters. The Morgan fingerprint density at radius 2 is 2.27 bits per heavy atom. The van der Waals surface area contributed by atoms with Crippen molar-refractivity contribution in [2.45, 2.75) is 32.3 Å². The smallest absolute Gasteiger partial charge is 0.253 e. The van der Waals surface area contributed by atoms with Crippen molar-refractivity contribution in [3.8, 4) is 0 Å². The minimum atomic E-state index is -0.701. The fourth-order valence-corrected chi connectivity index (χ4v) is 3.23. The normalized spacial score (nSPS) is 25.3. The lowest BCUT2D eigenvalue weighted by Crippen LogP contribution is -2.55. The molecule has 0 bridgehead atoms. The highest BCUT2D eigenvalue weighted by molar-refractivity contribution is 6.30. The van der Waals surface area contributed by atoms with Gasteiger partial charge in [0, 0.05) is 24.1 Å². The Balaban J connectivity index is 2.21. The summed E-state index contributed by atoms with van der Waals surface area (Å²) in [5, 5.41) is 19.9. The van der Waals surface area contributed by atoms with Crippen molar-refractivity contribution in [3.63, 3.8) is 0 Å². The van der Waals surface area contributed by atoms with Crippen LogP contribution in [0.3, 0.4) is 0 Å². The molecule has 0 saturated carbocycles. The van der Waals surface area contributed by atoms with Gasteiger partial charge in [-0.3, -0.25) is 4.79 Å². The number of aliphatic hydroxyl groups is 2. The van der Waals surface area contributed by atoms with Crippen molar-refractivity contribution >= 4 is 17.5 Å². The molecule has 0 aliphatic carbocycles. The van der Waals surface area contributed by atoms with E-state index in [-0.39, 0.29) is 29.6 Å². The second-order valence-corrected chi connectivity index (χ2v) is 6.34. The number of benzene rings is 1. The molecular formula is C16H21ClFNO3. The Morgan fingerprint density at radius 3 is 2.86 bits per heavy atom. The molecule has 1 saturated heterocycles. The maximum absolute atomic E-state index is 13.5. The minimum absolute atomic E-state index is 0.0266. The van der Waals surface area contributed by atoms with Gasteiger partial charge < -0.3 is 15.1 Å². The third-order valence-electron chi connectivity index (χ3n) is 4.40. The van der Waals surface area contributed by atoms with E-state index in [0.29, 0.717) is 19.4 Å². The molecule has 1 heterocycles. The molecule has 1 aromatic rings. The highest BCUT2D eigenvalue weighted by Gasteiger charge is 2.43. The summed E-state index contributed by atoms with van der Waals surface area (Å²) in [4.78, 5) is 14.1. The largest absolute Gasteiger partial charge is 0.396 e. The van der Waals surface area contributed by atoms with E-state index in [0.717, 1.165) is 12.5 Å². The molecule has 1 aliphatic rings. The molecule has 2 rings (SSSR count). The number of halogens is 2. The first-order chi connectivity index (χ1) is 10.4. The predicted octanol–water partition coefficient (Wildman–Crippen LogP) is 2.46. The number of amides is 1. The maximum atomic E-state index is 13.5. The number of hydrogen-bond donors (Lipinski definition) is 2. The van der Waals surface area contributed by atoms with Gasteiger partial charge in [-0.05, 0) is 31.0 Å². The van der Waals surface area contributed by atoms with E-state index < -0.39 is 17.3 Å². The van der Waals surface area contributed by atoms with E-state index in [4.69, 9.17) is 11.6 Å². The van der Waals surface area contributed by atoms with Crippen LogP contribution < -0.4 is 0 Å². The van der Waals surface area contributed by atoms with Gasteiger partial charge in [0.05, 0.1) is 17.7 Å². The molecule has 2 atom stereocenters. The van der Waals surface area contributed by atoms with Crippen LogP contribution in [0.5, 0.6) is 0 Å². The average molecular weight is 330 g/mol. The summed E-state index contributed by atoms with van der Waals surface area (Å²) >= 11 is 5.63. The van der Waals surface area contributed by atoms with Crippen LogP contribution in [-0.4, -0.2) is 46.8 Å². The maximum Gasteiger partial charge on any atom is 0.253 e. The number of likely N-dealkylation sites (tertiary alicyclic amines) is 1. The summed E-state index contributed by atoms with van der Waals surface area (Å²) < 4.78 is 13.5. The molecule has 22 heavy (non-hydrogen) atoms. The van der Waals surface area contributed by atoms with Crippen molar-refractivity contribution in [2.24, 2.45) is 5.41 Å². The quantitative estimate of drug-likeness (QED) is 0.892. The fraction of sp³-hybridized carbons (Fsp3) is 0.562. The summed E-state index contributed by atoms with van der Waals surface area (Å²) in [6, 6.07) is 3.96. The van der Waals surface area contributed by atoms with Crippen LogP contribution in [0.1, 0.15) is 36.5 Å². The summed E-state index contributed by atoms with van der Waals surface area (Å²) in [5.74, 6) is -0.942. The Hall–Kier alpha value is -1.17. The zero-order chi connectivity index (χ0) is 16.3. The van der Waals surface area contributed by atoms with Crippen LogP contribution >= 0.6 is 11.6 Å². The van der Waals surface area contributed by atoms with Crippen LogP contribution in [-0.2, 0) is 0 Å². The highest BCUT2D eigenvalue weighted by atomic mass is 35.5. The number of carbonyl (C=O) groups excluding carboxylic acids is 1. The number of aliphatic hydroxyl groups excluding tert-OH is 2. The van der Waals surface area contributed by atoms with Gasteiger partial charge in [-0.15, -0.1) is 0 Å². The minimum Gasteiger partial charge on any atom is -0.396 e. The monoisotopic (exact) mass is 329 g/mol. The third-order valence-corrected chi connectivity index (χ3v) is 4.71. The third kappa shape index (κ3) is 3.26. The number of carbonyl (C=O) groups is 1. The van der Waals surface area contributed by atoms with Gasteiger partial charge in [-0.25, -0.2) is 4.39 Å². The van der Waals surface area contributed by atoms with Crippen molar-refractivity contribution in [1.29, 1.82) is 0 Å². The van der Waals surface area contributed by atoms with Gasteiger partial charge in [-0.2, -0.15) is 0 Å². The molecule has 1 amide bonds. The number of hydrogen-bond acceptors (Lipinski definition) is 3. The molecule has 1 aromatic carbocycles. The molecule has 0 radical (unpaired) electrons. The first-order valence-corrected chi connectivity index (χ1v) is 7.84. The van der Waals surface area contributed by atoms with E-state index in [1.165, 1.54) is 12.1 Å². The van der Waals surface area contributed by atoms with E-state index in [9.17, 15) is 19.4 Å². The molecule has 0 aromatic heterocycles. The Kier molecular flexibility index (Phi) is 5.42. The summed E-state index contributed by atoms with van der Waals surface area (Å²) in [5.41, 5.74) is -0.477. The zero-order valence-corrected chi connectivity index (χ0v) is 13.3. The molecular weight excluding hydrogens is 309 g/mol. The van der Waals surface area contributed by atoms with E-state index in [1.807, 2.05) is 6.92 Å². The Labute approximate surface area is 134 Å². The number of piperidine rings is 1. The van der Waals surface area contributed by atoms with Crippen LogP contribution in [0, 0.1) is 11.2 Å². The lowest BCUT2D eigenvalue weighted by molar-refractivity contribution is -0.0720. The molecule has 2 N–H and O–H groups in total. The lowest BCUT2D eigenvalue weighted by Gasteiger charge is -2.45. The van der Waals surface area contributed by atoms with Gasteiger partial charge in [0.2, 0.25) is 0 Å².